The van der Waals surface area contributed by atoms with Crippen molar-refractivity contribution in [2.24, 2.45) is 5.10 Å². The minimum absolute atomic E-state index is 0.0458. The van der Waals surface area contributed by atoms with Crippen LogP contribution in [0.25, 0.3) is 0 Å². The third kappa shape index (κ3) is 5.07. The lowest BCUT2D eigenvalue weighted by Crippen LogP contribution is -2.37. The fourth-order valence-electron chi connectivity index (χ4n) is 3.98. The zero-order valence-electron chi connectivity index (χ0n) is 18.2. The first kappa shape index (κ1) is 21.8. The first-order valence-corrected chi connectivity index (χ1v) is 10.9. The van der Waals surface area contributed by atoms with Crippen molar-refractivity contribution in [3.8, 4) is 0 Å². The highest BCUT2D eigenvalue weighted by Crippen LogP contribution is 2.33. The van der Waals surface area contributed by atoms with Gasteiger partial charge in [-0.05, 0) is 37.5 Å². The van der Waals surface area contributed by atoms with Gasteiger partial charge in [0.05, 0.1) is 12.0 Å². The highest BCUT2D eigenvalue weighted by molar-refractivity contribution is 6.03. The largest absolute Gasteiger partial charge is 0.467 e. The summed E-state index contributed by atoms with van der Waals surface area (Å²) in [6, 6.07) is 11.1. The Kier molecular flexibility index (Phi) is 6.68. The van der Waals surface area contributed by atoms with E-state index in [0.717, 1.165) is 36.1 Å². The van der Waals surface area contributed by atoms with E-state index in [0.29, 0.717) is 25.1 Å². The van der Waals surface area contributed by atoms with E-state index < -0.39 is 24.5 Å². The fourth-order valence-corrected chi connectivity index (χ4v) is 3.98. The Bertz CT molecular complexity index is 997. The molecule has 0 N–H and O–H groups in total. The zero-order valence-corrected chi connectivity index (χ0v) is 18.2. The molecule has 0 aliphatic carbocycles. The number of aryl methyl sites for hydroxylation is 1. The Labute approximate surface area is 186 Å². The van der Waals surface area contributed by atoms with Crippen LogP contribution in [0.5, 0.6) is 0 Å². The number of hydrogen-bond acceptors (Lipinski definition) is 6. The van der Waals surface area contributed by atoms with Crippen LogP contribution in [0.2, 0.25) is 0 Å². The molecule has 2 aliphatic rings. The summed E-state index contributed by atoms with van der Waals surface area (Å²) >= 11 is 0. The highest BCUT2D eigenvalue weighted by Gasteiger charge is 2.35. The van der Waals surface area contributed by atoms with E-state index in [2.05, 4.69) is 5.10 Å². The van der Waals surface area contributed by atoms with Crippen molar-refractivity contribution < 1.29 is 23.5 Å². The number of hydrazone groups is 1. The van der Waals surface area contributed by atoms with Crippen LogP contribution in [0.15, 0.2) is 52.2 Å². The molecule has 1 aromatic heterocycles. The number of likely N-dealkylation sites (tertiary alicyclic amines) is 1. The van der Waals surface area contributed by atoms with Crippen LogP contribution in [-0.2, 0) is 19.1 Å². The predicted octanol–water partition coefficient (Wildman–Crippen LogP) is 3.21. The van der Waals surface area contributed by atoms with Gasteiger partial charge in [0, 0.05) is 19.4 Å². The van der Waals surface area contributed by atoms with Crippen molar-refractivity contribution in [2.75, 3.05) is 19.7 Å². The summed E-state index contributed by atoms with van der Waals surface area (Å²) in [5.41, 5.74) is 2.83. The molecule has 0 spiro atoms. The molecule has 1 unspecified atom stereocenters. The van der Waals surface area contributed by atoms with Crippen LogP contribution in [0.1, 0.15) is 55.0 Å². The van der Waals surface area contributed by atoms with Crippen molar-refractivity contribution in [1.29, 1.82) is 0 Å². The highest BCUT2D eigenvalue weighted by atomic mass is 16.5. The van der Waals surface area contributed by atoms with Gasteiger partial charge in [0.2, 0.25) is 5.91 Å². The monoisotopic (exact) mass is 437 g/mol. The Morgan fingerprint density at radius 1 is 1.16 bits per heavy atom. The first-order valence-electron chi connectivity index (χ1n) is 10.9. The number of nitrogens with zero attached hydrogens (tertiary/aromatic N) is 3. The van der Waals surface area contributed by atoms with Gasteiger partial charge in [0.15, 0.2) is 6.61 Å². The van der Waals surface area contributed by atoms with Crippen LogP contribution in [0.4, 0.5) is 0 Å². The van der Waals surface area contributed by atoms with Crippen molar-refractivity contribution in [2.45, 2.75) is 45.1 Å². The number of carbonyl (C=O) groups is 3. The number of amides is 2. The van der Waals surface area contributed by atoms with Gasteiger partial charge in [0.1, 0.15) is 18.3 Å². The van der Waals surface area contributed by atoms with Crippen LogP contribution in [-0.4, -0.2) is 53.1 Å². The zero-order chi connectivity index (χ0) is 22.5. The van der Waals surface area contributed by atoms with Gasteiger partial charge in [-0.25, -0.2) is 5.01 Å². The second kappa shape index (κ2) is 9.80. The number of benzene rings is 1. The normalized spacial score (nSPS) is 19.0. The lowest BCUT2D eigenvalue weighted by Gasteiger charge is -2.21. The molecule has 2 aromatic rings. The maximum Gasteiger partial charge on any atom is 0.326 e. The Morgan fingerprint density at radius 2 is 1.97 bits per heavy atom. The fraction of sp³-hybridized carbons (Fsp3) is 0.417. The first-order chi connectivity index (χ1) is 15.5. The van der Waals surface area contributed by atoms with E-state index in [1.54, 1.807) is 18.4 Å². The molecular formula is C24H27N3O5. The van der Waals surface area contributed by atoms with Gasteiger partial charge in [-0.1, -0.05) is 36.2 Å². The molecule has 1 aromatic carbocycles. The quantitative estimate of drug-likeness (QED) is 0.647. The molecule has 2 aliphatic heterocycles. The number of furan rings is 1. The number of carbonyl (C=O) groups excluding carboxylic acids is 3. The average molecular weight is 437 g/mol. The van der Waals surface area contributed by atoms with Crippen LogP contribution in [0, 0.1) is 6.92 Å². The molecule has 4 rings (SSSR count). The van der Waals surface area contributed by atoms with Gasteiger partial charge in [-0.3, -0.25) is 14.4 Å². The topological polar surface area (TPSA) is 92.4 Å². The van der Waals surface area contributed by atoms with E-state index in [-0.39, 0.29) is 12.5 Å². The second-order valence-corrected chi connectivity index (χ2v) is 8.17. The molecular weight excluding hydrogens is 410 g/mol. The second-order valence-electron chi connectivity index (χ2n) is 8.17. The molecule has 0 saturated carbocycles. The average Bonchev–Trinajstić information content (AvgIpc) is 3.43. The Balaban J connectivity index is 1.42. The van der Waals surface area contributed by atoms with Gasteiger partial charge >= 0.3 is 5.97 Å². The summed E-state index contributed by atoms with van der Waals surface area (Å²) in [5.74, 6) is -0.463. The maximum atomic E-state index is 12.9. The molecule has 1 atom stereocenters. The molecule has 168 valence electrons. The van der Waals surface area contributed by atoms with Crippen molar-refractivity contribution >= 4 is 23.5 Å². The summed E-state index contributed by atoms with van der Waals surface area (Å²) in [4.78, 5) is 38.8. The molecule has 2 amide bonds. The minimum Gasteiger partial charge on any atom is -0.467 e. The van der Waals surface area contributed by atoms with E-state index in [4.69, 9.17) is 9.15 Å². The summed E-state index contributed by atoms with van der Waals surface area (Å²) in [6.07, 6.45) is 5.18. The summed E-state index contributed by atoms with van der Waals surface area (Å²) < 4.78 is 10.7. The molecule has 0 bridgehead atoms. The lowest BCUT2D eigenvalue weighted by atomic mass is 10.0. The smallest absolute Gasteiger partial charge is 0.326 e. The lowest BCUT2D eigenvalue weighted by molar-refractivity contribution is -0.155. The van der Waals surface area contributed by atoms with Gasteiger partial charge in [0.25, 0.3) is 5.91 Å². The van der Waals surface area contributed by atoms with Gasteiger partial charge < -0.3 is 14.1 Å². The van der Waals surface area contributed by atoms with E-state index in [9.17, 15) is 14.4 Å². The summed E-state index contributed by atoms with van der Waals surface area (Å²) in [6.45, 7) is 1.97. The van der Waals surface area contributed by atoms with E-state index in [1.807, 2.05) is 31.2 Å². The SMILES string of the molecule is Cc1ccc(C2=NN(C(=O)COC(=O)CN3CCCCCC3=O)C(c3ccco3)C2)cc1. The van der Waals surface area contributed by atoms with Crippen molar-refractivity contribution in [3.63, 3.8) is 0 Å². The van der Waals surface area contributed by atoms with Gasteiger partial charge in [-0.2, -0.15) is 5.10 Å². The Morgan fingerprint density at radius 3 is 2.72 bits per heavy atom. The number of rotatable bonds is 6. The number of ether oxygens (including phenoxy) is 1. The third-order valence-electron chi connectivity index (χ3n) is 5.77. The molecule has 1 saturated heterocycles. The standard InChI is InChI=1S/C24H27N3O5/c1-17-8-10-18(11-9-17)19-14-20(21-6-5-13-31-21)27(25-19)23(29)16-32-24(30)15-26-12-4-2-3-7-22(26)28/h5-6,8-11,13,20H,2-4,7,12,14-16H2,1H3. The number of esters is 1. The minimum atomic E-state index is -0.593. The molecule has 1 fully saturated rings. The molecule has 32 heavy (non-hydrogen) atoms. The van der Waals surface area contributed by atoms with Crippen LogP contribution < -0.4 is 0 Å². The van der Waals surface area contributed by atoms with Gasteiger partial charge in [-0.15, -0.1) is 0 Å². The summed E-state index contributed by atoms with van der Waals surface area (Å²) in [5, 5.41) is 5.86. The molecule has 3 heterocycles. The Hall–Kier alpha value is -3.42. The summed E-state index contributed by atoms with van der Waals surface area (Å²) in [7, 11) is 0. The van der Waals surface area contributed by atoms with E-state index in [1.165, 1.54) is 9.91 Å². The van der Waals surface area contributed by atoms with E-state index >= 15 is 0 Å². The molecule has 0 radical (unpaired) electrons. The van der Waals surface area contributed by atoms with Crippen LogP contribution >= 0.6 is 0 Å². The van der Waals surface area contributed by atoms with Crippen molar-refractivity contribution in [3.05, 3.63) is 59.5 Å². The predicted molar refractivity (Wildman–Crippen MR) is 117 cm³/mol. The molecule has 8 nitrogen and oxygen atoms in total. The van der Waals surface area contributed by atoms with Crippen LogP contribution in [0.3, 0.4) is 0 Å². The maximum absolute atomic E-state index is 12.9. The number of hydrogen-bond donors (Lipinski definition) is 0. The molecule has 8 heteroatoms. The van der Waals surface area contributed by atoms with Crippen molar-refractivity contribution in [1.82, 2.24) is 9.91 Å². The third-order valence-corrected chi connectivity index (χ3v) is 5.77.